The van der Waals surface area contributed by atoms with Gasteiger partial charge in [0.25, 0.3) is 0 Å². The number of hydrogen-bond acceptors (Lipinski definition) is 3. The summed E-state index contributed by atoms with van der Waals surface area (Å²) in [5.41, 5.74) is 5.36. The SMILES string of the molecule is CC(C)OC(=O)NCC(C)C(N)=S. The van der Waals surface area contributed by atoms with E-state index in [1.165, 1.54) is 0 Å². The van der Waals surface area contributed by atoms with E-state index >= 15 is 0 Å². The molecule has 3 N–H and O–H groups in total. The average Bonchev–Trinajstić information content (AvgIpc) is 1.98. The van der Waals surface area contributed by atoms with E-state index in [4.69, 9.17) is 22.7 Å². The minimum atomic E-state index is -0.432. The molecule has 0 aromatic heterocycles. The standard InChI is InChI=1S/C8H16N2O2S/c1-5(2)12-8(11)10-4-6(3)7(9)13/h5-6H,4H2,1-3H3,(H2,9,13)(H,10,11). The molecule has 0 saturated carbocycles. The molecule has 76 valence electrons. The Morgan fingerprint density at radius 1 is 1.54 bits per heavy atom. The first-order valence-electron chi connectivity index (χ1n) is 4.17. The van der Waals surface area contributed by atoms with Crippen LogP contribution in [0.5, 0.6) is 0 Å². The molecule has 0 aliphatic heterocycles. The third-order valence-electron chi connectivity index (χ3n) is 1.38. The van der Waals surface area contributed by atoms with Crippen LogP contribution in [0.15, 0.2) is 0 Å². The van der Waals surface area contributed by atoms with Crippen molar-refractivity contribution in [3.63, 3.8) is 0 Å². The molecule has 0 fully saturated rings. The molecule has 0 radical (unpaired) electrons. The van der Waals surface area contributed by atoms with Crippen molar-refractivity contribution in [3.8, 4) is 0 Å². The first-order chi connectivity index (χ1) is 5.93. The fourth-order valence-electron chi connectivity index (χ4n) is 0.593. The number of rotatable bonds is 4. The predicted octanol–water partition coefficient (Wildman–Crippen LogP) is 1.04. The van der Waals surface area contributed by atoms with E-state index in [0.29, 0.717) is 11.5 Å². The van der Waals surface area contributed by atoms with Crippen LogP contribution in [0.3, 0.4) is 0 Å². The second-order valence-electron chi connectivity index (χ2n) is 3.14. The minimum absolute atomic E-state index is 0.00490. The van der Waals surface area contributed by atoms with Gasteiger partial charge >= 0.3 is 6.09 Å². The van der Waals surface area contributed by atoms with Gasteiger partial charge in [0, 0.05) is 12.5 Å². The van der Waals surface area contributed by atoms with Gasteiger partial charge in [0.05, 0.1) is 11.1 Å². The number of carbonyl (C=O) groups is 1. The molecule has 0 aromatic carbocycles. The Morgan fingerprint density at radius 3 is 2.46 bits per heavy atom. The van der Waals surface area contributed by atoms with E-state index in [2.05, 4.69) is 5.32 Å². The summed E-state index contributed by atoms with van der Waals surface area (Å²) in [5.74, 6) is -0.00490. The van der Waals surface area contributed by atoms with Crippen LogP contribution in [0.4, 0.5) is 4.79 Å². The molecule has 0 rings (SSSR count). The van der Waals surface area contributed by atoms with Gasteiger partial charge in [0.1, 0.15) is 0 Å². The van der Waals surface area contributed by atoms with E-state index in [1.54, 1.807) is 13.8 Å². The van der Waals surface area contributed by atoms with Crippen molar-refractivity contribution in [3.05, 3.63) is 0 Å². The molecule has 1 unspecified atom stereocenters. The highest BCUT2D eigenvalue weighted by Gasteiger charge is 2.08. The van der Waals surface area contributed by atoms with E-state index in [0.717, 1.165) is 0 Å². The van der Waals surface area contributed by atoms with Crippen molar-refractivity contribution in [2.45, 2.75) is 26.9 Å². The van der Waals surface area contributed by atoms with Crippen LogP contribution >= 0.6 is 12.2 Å². The highest BCUT2D eigenvalue weighted by atomic mass is 32.1. The summed E-state index contributed by atoms with van der Waals surface area (Å²) in [6.07, 6.45) is -0.543. The van der Waals surface area contributed by atoms with E-state index in [9.17, 15) is 4.79 Å². The van der Waals surface area contributed by atoms with Crippen LogP contribution in [0.25, 0.3) is 0 Å². The van der Waals surface area contributed by atoms with Crippen LogP contribution in [-0.2, 0) is 4.74 Å². The fraction of sp³-hybridized carbons (Fsp3) is 0.750. The summed E-state index contributed by atoms with van der Waals surface area (Å²) in [4.78, 5) is 11.4. The van der Waals surface area contributed by atoms with Crippen molar-refractivity contribution in [1.82, 2.24) is 5.32 Å². The summed E-state index contributed by atoms with van der Waals surface area (Å²) < 4.78 is 4.85. The zero-order chi connectivity index (χ0) is 10.4. The smallest absolute Gasteiger partial charge is 0.407 e. The first kappa shape index (κ1) is 12.2. The average molecular weight is 204 g/mol. The lowest BCUT2D eigenvalue weighted by molar-refractivity contribution is 0.115. The molecule has 1 atom stereocenters. The van der Waals surface area contributed by atoms with Gasteiger partial charge in [-0.2, -0.15) is 0 Å². The van der Waals surface area contributed by atoms with Gasteiger partial charge in [-0.15, -0.1) is 0 Å². The van der Waals surface area contributed by atoms with Crippen molar-refractivity contribution < 1.29 is 9.53 Å². The summed E-state index contributed by atoms with van der Waals surface area (Å²) in [5, 5.41) is 2.57. The van der Waals surface area contributed by atoms with Gasteiger partial charge in [-0.05, 0) is 13.8 Å². The molecule has 0 bridgehead atoms. The topological polar surface area (TPSA) is 64.3 Å². The molecule has 0 heterocycles. The molecular weight excluding hydrogens is 188 g/mol. The molecule has 0 spiro atoms. The zero-order valence-electron chi connectivity index (χ0n) is 8.16. The lowest BCUT2D eigenvalue weighted by atomic mass is 10.2. The Morgan fingerprint density at radius 2 is 2.08 bits per heavy atom. The molecule has 5 heteroatoms. The molecule has 0 aromatic rings. The minimum Gasteiger partial charge on any atom is -0.447 e. The summed E-state index contributed by atoms with van der Waals surface area (Å²) in [6, 6.07) is 0. The maximum atomic E-state index is 11.0. The first-order valence-corrected chi connectivity index (χ1v) is 4.58. The number of amides is 1. The maximum absolute atomic E-state index is 11.0. The molecule has 0 saturated heterocycles. The van der Waals surface area contributed by atoms with Crippen LogP contribution in [0.2, 0.25) is 0 Å². The summed E-state index contributed by atoms with van der Waals surface area (Å²) in [7, 11) is 0. The third kappa shape index (κ3) is 6.33. The van der Waals surface area contributed by atoms with Gasteiger partial charge in [-0.3, -0.25) is 0 Å². The van der Waals surface area contributed by atoms with Crippen molar-refractivity contribution in [2.75, 3.05) is 6.54 Å². The highest BCUT2D eigenvalue weighted by molar-refractivity contribution is 7.80. The monoisotopic (exact) mass is 204 g/mol. The fourth-order valence-corrected chi connectivity index (χ4v) is 0.676. The van der Waals surface area contributed by atoms with Crippen molar-refractivity contribution in [1.29, 1.82) is 0 Å². The highest BCUT2D eigenvalue weighted by Crippen LogP contribution is 1.93. The molecule has 13 heavy (non-hydrogen) atoms. The second-order valence-corrected chi connectivity index (χ2v) is 3.61. The van der Waals surface area contributed by atoms with Gasteiger partial charge in [-0.25, -0.2) is 4.79 Å². The summed E-state index contributed by atoms with van der Waals surface area (Å²) >= 11 is 4.74. The van der Waals surface area contributed by atoms with Crippen molar-refractivity contribution in [2.24, 2.45) is 11.7 Å². The molecule has 0 aliphatic carbocycles. The Hall–Kier alpha value is -0.840. The number of nitrogens with one attached hydrogen (secondary N) is 1. The maximum Gasteiger partial charge on any atom is 0.407 e. The Labute approximate surface area is 83.8 Å². The zero-order valence-corrected chi connectivity index (χ0v) is 8.98. The predicted molar refractivity (Wildman–Crippen MR) is 55.6 cm³/mol. The van der Waals surface area contributed by atoms with E-state index in [-0.39, 0.29) is 12.0 Å². The quantitative estimate of drug-likeness (QED) is 0.672. The Balaban J connectivity index is 3.64. The van der Waals surface area contributed by atoms with Gasteiger partial charge in [0.15, 0.2) is 0 Å². The van der Waals surface area contributed by atoms with Crippen LogP contribution in [0.1, 0.15) is 20.8 Å². The second kappa shape index (κ2) is 5.75. The normalized spacial score (nSPS) is 12.3. The number of thiocarbonyl (C=S) groups is 1. The molecular formula is C8H16N2O2S. The largest absolute Gasteiger partial charge is 0.447 e. The van der Waals surface area contributed by atoms with E-state index < -0.39 is 6.09 Å². The number of nitrogens with two attached hydrogens (primary N) is 1. The van der Waals surface area contributed by atoms with Crippen LogP contribution < -0.4 is 11.1 Å². The molecule has 4 nitrogen and oxygen atoms in total. The molecule has 0 aliphatic rings. The van der Waals surface area contributed by atoms with Gasteiger partial charge < -0.3 is 15.8 Å². The summed E-state index contributed by atoms with van der Waals surface area (Å²) in [6.45, 7) is 5.84. The number of ether oxygens (including phenoxy) is 1. The third-order valence-corrected chi connectivity index (χ3v) is 1.78. The van der Waals surface area contributed by atoms with Crippen molar-refractivity contribution >= 4 is 23.3 Å². The lowest BCUT2D eigenvalue weighted by Gasteiger charge is -2.12. The number of alkyl carbamates (subject to hydrolysis) is 1. The van der Waals surface area contributed by atoms with Crippen LogP contribution in [-0.4, -0.2) is 23.7 Å². The number of carbonyl (C=O) groups excluding carboxylic acids is 1. The van der Waals surface area contributed by atoms with Crippen LogP contribution in [0, 0.1) is 5.92 Å². The molecule has 1 amide bonds. The van der Waals surface area contributed by atoms with E-state index in [1.807, 2.05) is 6.92 Å². The van der Waals surface area contributed by atoms with Gasteiger partial charge in [0.2, 0.25) is 0 Å². The number of hydrogen-bond donors (Lipinski definition) is 2. The van der Waals surface area contributed by atoms with Gasteiger partial charge in [-0.1, -0.05) is 19.1 Å². The Kier molecular flexibility index (Phi) is 5.37. The Bertz CT molecular complexity index is 195. The lowest BCUT2D eigenvalue weighted by Crippen LogP contribution is -2.34.